The predicted octanol–water partition coefficient (Wildman–Crippen LogP) is 1.97. The van der Waals surface area contributed by atoms with Gasteiger partial charge in [0.1, 0.15) is 0 Å². The van der Waals surface area contributed by atoms with Gasteiger partial charge in [0.2, 0.25) is 0 Å². The summed E-state index contributed by atoms with van der Waals surface area (Å²) in [6.45, 7) is 10.1. The van der Waals surface area contributed by atoms with Gasteiger partial charge >= 0.3 is 0 Å². The van der Waals surface area contributed by atoms with Crippen molar-refractivity contribution in [1.82, 2.24) is 5.32 Å². The van der Waals surface area contributed by atoms with E-state index in [1.165, 1.54) is 6.42 Å². The summed E-state index contributed by atoms with van der Waals surface area (Å²) in [5.41, 5.74) is 0. The second kappa shape index (κ2) is 5.40. The van der Waals surface area contributed by atoms with Crippen LogP contribution >= 0.6 is 0 Å². The monoisotopic (exact) mass is 183 g/mol. The molecule has 0 aromatic rings. The highest BCUT2D eigenvalue weighted by atomic mass is 16.5. The standard InChI is InChI=1S/C11H21NO/c1-4-6-10(12-5-2)11-9(3)7-8-13-11/h4,9-12H,1,5-8H2,2-3H3. The molecule has 1 heterocycles. The van der Waals surface area contributed by atoms with E-state index in [1.807, 2.05) is 6.08 Å². The van der Waals surface area contributed by atoms with Gasteiger partial charge in [0.05, 0.1) is 6.10 Å². The minimum absolute atomic E-state index is 0.387. The third-order valence-corrected chi connectivity index (χ3v) is 2.73. The topological polar surface area (TPSA) is 21.3 Å². The zero-order chi connectivity index (χ0) is 9.68. The maximum atomic E-state index is 5.72. The van der Waals surface area contributed by atoms with Crippen LogP contribution in [0.15, 0.2) is 12.7 Å². The van der Waals surface area contributed by atoms with Gasteiger partial charge in [-0.05, 0) is 25.3 Å². The van der Waals surface area contributed by atoms with E-state index in [1.54, 1.807) is 0 Å². The molecule has 1 aliphatic rings. The first-order chi connectivity index (χ1) is 6.29. The van der Waals surface area contributed by atoms with Crippen molar-refractivity contribution in [3.05, 3.63) is 12.7 Å². The molecule has 0 spiro atoms. The van der Waals surface area contributed by atoms with Crippen molar-refractivity contribution < 1.29 is 4.74 Å². The first-order valence-electron chi connectivity index (χ1n) is 5.25. The maximum absolute atomic E-state index is 5.72. The van der Waals surface area contributed by atoms with Crippen molar-refractivity contribution in [3.8, 4) is 0 Å². The van der Waals surface area contributed by atoms with Crippen LogP contribution in [0.4, 0.5) is 0 Å². The van der Waals surface area contributed by atoms with Crippen molar-refractivity contribution in [2.24, 2.45) is 5.92 Å². The molecule has 0 aromatic carbocycles. The summed E-state index contributed by atoms with van der Waals surface area (Å²) in [5, 5.41) is 3.46. The van der Waals surface area contributed by atoms with E-state index < -0.39 is 0 Å². The Morgan fingerprint density at radius 2 is 2.46 bits per heavy atom. The van der Waals surface area contributed by atoms with Gasteiger partial charge in [0.15, 0.2) is 0 Å². The zero-order valence-electron chi connectivity index (χ0n) is 8.75. The Balaban J connectivity index is 2.46. The van der Waals surface area contributed by atoms with E-state index in [0.717, 1.165) is 19.6 Å². The fourth-order valence-electron chi connectivity index (χ4n) is 2.01. The third kappa shape index (κ3) is 2.82. The molecule has 1 N–H and O–H groups in total. The van der Waals surface area contributed by atoms with Gasteiger partial charge in [-0.2, -0.15) is 0 Å². The Bertz CT molecular complexity index is 158. The van der Waals surface area contributed by atoms with E-state index in [0.29, 0.717) is 18.1 Å². The van der Waals surface area contributed by atoms with Crippen molar-refractivity contribution >= 4 is 0 Å². The first-order valence-corrected chi connectivity index (χ1v) is 5.25. The van der Waals surface area contributed by atoms with Gasteiger partial charge in [0, 0.05) is 12.6 Å². The first kappa shape index (κ1) is 10.7. The number of likely N-dealkylation sites (N-methyl/N-ethyl adjacent to an activating group) is 1. The third-order valence-electron chi connectivity index (χ3n) is 2.73. The number of hydrogen-bond donors (Lipinski definition) is 1. The molecule has 0 aromatic heterocycles. The van der Waals surface area contributed by atoms with E-state index in [4.69, 9.17) is 4.74 Å². The minimum Gasteiger partial charge on any atom is -0.376 e. The van der Waals surface area contributed by atoms with E-state index >= 15 is 0 Å². The molecular weight excluding hydrogens is 162 g/mol. The molecule has 0 amide bonds. The van der Waals surface area contributed by atoms with Crippen LogP contribution < -0.4 is 5.32 Å². The van der Waals surface area contributed by atoms with E-state index in [9.17, 15) is 0 Å². The summed E-state index contributed by atoms with van der Waals surface area (Å²) >= 11 is 0. The van der Waals surface area contributed by atoms with Crippen molar-refractivity contribution in [1.29, 1.82) is 0 Å². The molecular formula is C11H21NO. The maximum Gasteiger partial charge on any atom is 0.0757 e. The van der Waals surface area contributed by atoms with Gasteiger partial charge in [-0.25, -0.2) is 0 Å². The highest BCUT2D eigenvalue weighted by molar-refractivity contribution is 4.89. The average Bonchev–Trinajstić information content (AvgIpc) is 2.51. The Kier molecular flexibility index (Phi) is 4.46. The quantitative estimate of drug-likeness (QED) is 0.658. The largest absolute Gasteiger partial charge is 0.376 e. The lowest BCUT2D eigenvalue weighted by molar-refractivity contribution is 0.0623. The molecule has 2 nitrogen and oxygen atoms in total. The molecule has 0 aliphatic carbocycles. The molecule has 3 unspecified atom stereocenters. The van der Waals surface area contributed by atoms with Crippen LogP contribution in [-0.2, 0) is 4.74 Å². The summed E-state index contributed by atoms with van der Waals surface area (Å²) in [6, 6.07) is 0.458. The fraction of sp³-hybridized carbons (Fsp3) is 0.818. The molecule has 2 heteroatoms. The SMILES string of the molecule is C=CCC(NCC)C1OCCC1C. The van der Waals surface area contributed by atoms with E-state index in [2.05, 4.69) is 25.7 Å². The van der Waals surface area contributed by atoms with Gasteiger partial charge in [-0.3, -0.25) is 0 Å². The fourth-order valence-corrected chi connectivity index (χ4v) is 2.01. The minimum atomic E-state index is 0.387. The van der Waals surface area contributed by atoms with Crippen LogP contribution in [0, 0.1) is 5.92 Å². The molecule has 1 saturated heterocycles. The van der Waals surface area contributed by atoms with Gasteiger partial charge in [-0.1, -0.05) is 19.9 Å². The van der Waals surface area contributed by atoms with Gasteiger partial charge in [0.25, 0.3) is 0 Å². The van der Waals surface area contributed by atoms with Crippen LogP contribution in [0.2, 0.25) is 0 Å². The molecule has 1 fully saturated rings. The molecule has 3 atom stereocenters. The Morgan fingerprint density at radius 3 is 2.92 bits per heavy atom. The van der Waals surface area contributed by atoms with Crippen LogP contribution in [0.1, 0.15) is 26.7 Å². The highest BCUT2D eigenvalue weighted by Crippen LogP contribution is 2.24. The summed E-state index contributed by atoms with van der Waals surface area (Å²) in [6.07, 6.45) is 4.56. The number of ether oxygens (including phenoxy) is 1. The zero-order valence-corrected chi connectivity index (χ0v) is 8.75. The van der Waals surface area contributed by atoms with Crippen molar-refractivity contribution in [3.63, 3.8) is 0 Å². The molecule has 0 saturated carbocycles. The number of hydrogen-bond acceptors (Lipinski definition) is 2. The van der Waals surface area contributed by atoms with Crippen molar-refractivity contribution in [2.75, 3.05) is 13.2 Å². The number of rotatable bonds is 5. The van der Waals surface area contributed by atoms with Crippen LogP contribution in [0.25, 0.3) is 0 Å². The lowest BCUT2D eigenvalue weighted by Gasteiger charge is -2.25. The lowest BCUT2D eigenvalue weighted by Crippen LogP contribution is -2.41. The van der Waals surface area contributed by atoms with Gasteiger partial charge in [-0.15, -0.1) is 6.58 Å². The Labute approximate surface area is 81.4 Å². The normalized spacial score (nSPS) is 30.3. The molecule has 76 valence electrons. The van der Waals surface area contributed by atoms with E-state index in [-0.39, 0.29) is 0 Å². The second-order valence-electron chi connectivity index (χ2n) is 3.79. The summed E-state index contributed by atoms with van der Waals surface area (Å²) in [4.78, 5) is 0. The summed E-state index contributed by atoms with van der Waals surface area (Å²) in [7, 11) is 0. The predicted molar refractivity (Wildman–Crippen MR) is 55.8 cm³/mol. The average molecular weight is 183 g/mol. The molecule has 13 heavy (non-hydrogen) atoms. The molecule has 0 radical (unpaired) electrons. The smallest absolute Gasteiger partial charge is 0.0757 e. The summed E-state index contributed by atoms with van der Waals surface area (Å²) < 4.78 is 5.72. The van der Waals surface area contributed by atoms with Crippen LogP contribution in [-0.4, -0.2) is 25.3 Å². The Morgan fingerprint density at radius 1 is 1.69 bits per heavy atom. The van der Waals surface area contributed by atoms with Crippen LogP contribution in [0.3, 0.4) is 0 Å². The van der Waals surface area contributed by atoms with Crippen LogP contribution in [0.5, 0.6) is 0 Å². The molecule has 1 rings (SSSR count). The summed E-state index contributed by atoms with van der Waals surface area (Å²) in [5.74, 6) is 0.684. The lowest BCUT2D eigenvalue weighted by atomic mass is 9.95. The molecule has 1 aliphatic heterocycles. The second-order valence-corrected chi connectivity index (χ2v) is 3.79. The Hall–Kier alpha value is -0.340. The molecule has 0 bridgehead atoms. The van der Waals surface area contributed by atoms with Gasteiger partial charge < -0.3 is 10.1 Å². The highest BCUT2D eigenvalue weighted by Gasteiger charge is 2.30. The van der Waals surface area contributed by atoms with Crippen molar-refractivity contribution in [2.45, 2.75) is 38.8 Å². The number of nitrogens with one attached hydrogen (secondary N) is 1.